The molecule has 0 saturated heterocycles. The van der Waals surface area contributed by atoms with Crippen molar-refractivity contribution in [3.63, 3.8) is 0 Å². The minimum absolute atomic E-state index is 0.142. The second kappa shape index (κ2) is 6.42. The molecule has 0 radical (unpaired) electrons. The van der Waals surface area contributed by atoms with Gasteiger partial charge in [0.15, 0.2) is 0 Å². The first-order chi connectivity index (χ1) is 13.1. The van der Waals surface area contributed by atoms with Crippen LogP contribution in [0.5, 0.6) is 0 Å². The molecule has 132 valence electrons. The molecule has 0 unspecified atom stereocenters. The van der Waals surface area contributed by atoms with Crippen LogP contribution in [0, 0.1) is 24.1 Å². The second-order valence-electron chi connectivity index (χ2n) is 6.01. The van der Waals surface area contributed by atoms with Gasteiger partial charge in [0.2, 0.25) is 0 Å². The Bertz CT molecular complexity index is 1200. The first-order valence-electron chi connectivity index (χ1n) is 8.09. The number of benzene rings is 2. The van der Waals surface area contributed by atoms with Crippen LogP contribution < -0.4 is 5.32 Å². The van der Waals surface area contributed by atoms with Crippen LogP contribution >= 0.6 is 0 Å². The fraction of sp³-hybridized carbons (Fsp3) is 0.0500. The fourth-order valence-corrected chi connectivity index (χ4v) is 2.98. The fourth-order valence-electron chi connectivity index (χ4n) is 2.98. The van der Waals surface area contributed by atoms with Crippen molar-refractivity contribution in [3.8, 4) is 17.3 Å². The summed E-state index contributed by atoms with van der Waals surface area (Å²) in [5.41, 5.74) is 3.18. The highest BCUT2D eigenvalue weighted by Crippen LogP contribution is 2.29. The molecule has 2 aromatic carbocycles. The Morgan fingerprint density at radius 2 is 2.15 bits per heavy atom. The molecule has 4 rings (SSSR count). The predicted octanol–water partition coefficient (Wildman–Crippen LogP) is 4.39. The van der Waals surface area contributed by atoms with Crippen LogP contribution in [0.3, 0.4) is 0 Å². The third-order valence-corrected chi connectivity index (χ3v) is 4.38. The van der Waals surface area contributed by atoms with Crippen LogP contribution in [0.15, 0.2) is 53.3 Å². The molecular weight excluding hydrogens is 347 g/mol. The summed E-state index contributed by atoms with van der Waals surface area (Å²) in [5.74, 6) is -1.29. The molecule has 1 amide bonds. The first-order valence-corrected chi connectivity index (χ1v) is 8.09. The number of anilines is 1. The van der Waals surface area contributed by atoms with Crippen LogP contribution in [0.1, 0.15) is 21.5 Å². The third-order valence-electron chi connectivity index (χ3n) is 4.38. The lowest BCUT2D eigenvalue weighted by Gasteiger charge is -2.10. The molecule has 4 aromatic rings. The Morgan fingerprint density at radius 1 is 1.30 bits per heavy atom. The van der Waals surface area contributed by atoms with Crippen molar-refractivity contribution in [2.45, 2.75) is 6.92 Å². The van der Waals surface area contributed by atoms with Gasteiger partial charge in [-0.2, -0.15) is 10.4 Å². The average Bonchev–Trinajstić information content (AvgIpc) is 3.31. The summed E-state index contributed by atoms with van der Waals surface area (Å²) < 4.78 is 19.3. The van der Waals surface area contributed by atoms with Crippen molar-refractivity contribution in [2.75, 3.05) is 5.32 Å². The number of fused-ring (bicyclic) bond motifs is 1. The maximum atomic E-state index is 14.2. The molecule has 2 N–H and O–H groups in total. The quantitative estimate of drug-likeness (QED) is 0.566. The van der Waals surface area contributed by atoms with Gasteiger partial charge in [-0.3, -0.25) is 9.89 Å². The van der Waals surface area contributed by atoms with E-state index in [0.29, 0.717) is 16.9 Å². The van der Waals surface area contributed by atoms with E-state index >= 15 is 0 Å². The highest BCUT2D eigenvalue weighted by Gasteiger charge is 2.18. The average molecular weight is 360 g/mol. The lowest BCUT2D eigenvalue weighted by Crippen LogP contribution is -2.16. The van der Waals surface area contributed by atoms with Gasteiger partial charge in [-0.1, -0.05) is 0 Å². The molecule has 0 saturated carbocycles. The second-order valence-corrected chi connectivity index (χ2v) is 6.01. The number of amides is 1. The highest BCUT2D eigenvalue weighted by atomic mass is 19.1. The monoisotopic (exact) mass is 360 g/mol. The Balaban J connectivity index is 1.71. The third kappa shape index (κ3) is 2.83. The number of halogens is 1. The SMILES string of the molecule is Cc1c(C#N)ccc(F)c1C(=O)Nc1ccc2[nH]nc(-c3ccoc3)c2c1. The number of nitrogens with one attached hydrogen (secondary N) is 2. The van der Waals surface area contributed by atoms with Crippen molar-refractivity contribution in [1.82, 2.24) is 10.2 Å². The number of carbonyl (C=O) groups excluding carboxylic acids is 1. The number of aromatic nitrogens is 2. The molecule has 2 heterocycles. The summed E-state index contributed by atoms with van der Waals surface area (Å²) in [4.78, 5) is 12.6. The molecule has 2 aromatic heterocycles. The Kier molecular flexibility index (Phi) is 3.94. The van der Waals surface area contributed by atoms with E-state index in [-0.39, 0.29) is 11.1 Å². The number of nitriles is 1. The normalized spacial score (nSPS) is 10.7. The molecule has 27 heavy (non-hydrogen) atoms. The van der Waals surface area contributed by atoms with Crippen molar-refractivity contribution in [3.05, 3.63) is 71.4 Å². The molecule has 0 fully saturated rings. The van der Waals surface area contributed by atoms with Crippen LogP contribution in [0.25, 0.3) is 22.2 Å². The van der Waals surface area contributed by atoms with E-state index < -0.39 is 11.7 Å². The minimum Gasteiger partial charge on any atom is -0.472 e. The zero-order chi connectivity index (χ0) is 19.0. The van der Waals surface area contributed by atoms with Gasteiger partial charge in [-0.05, 0) is 48.9 Å². The number of hydrogen-bond acceptors (Lipinski definition) is 4. The molecular formula is C20H13FN4O2. The lowest BCUT2D eigenvalue weighted by molar-refractivity contribution is 0.102. The van der Waals surface area contributed by atoms with Crippen LogP contribution in [0.2, 0.25) is 0 Å². The summed E-state index contributed by atoms with van der Waals surface area (Å²) in [5, 5.41) is 19.8. The van der Waals surface area contributed by atoms with Gasteiger partial charge in [0.1, 0.15) is 11.5 Å². The van der Waals surface area contributed by atoms with Gasteiger partial charge in [0, 0.05) is 16.6 Å². The maximum absolute atomic E-state index is 14.2. The molecule has 0 aliphatic heterocycles. The van der Waals surface area contributed by atoms with Crippen molar-refractivity contribution >= 4 is 22.5 Å². The number of rotatable bonds is 3. The first kappa shape index (κ1) is 16.5. The van der Waals surface area contributed by atoms with E-state index in [1.54, 1.807) is 43.7 Å². The van der Waals surface area contributed by atoms with E-state index in [0.717, 1.165) is 22.5 Å². The number of hydrogen-bond donors (Lipinski definition) is 2. The number of carbonyl (C=O) groups is 1. The van der Waals surface area contributed by atoms with Gasteiger partial charge in [-0.15, -0.1) is 0 Å². The van der Waals surface area contributed by atoms with E-state index in [1.165, 1.54) is 6.07 Å². The molecule has 0 aliphatic rings. The molecule has 0 bridgehead atoms. The topological polar surface area (TPSA) is 94.7 Å². The van der Waals surface area contributed by atoms with Gasteiger partial charge in [-0.25, -0.2) is 4.39 Å². The van der Waals surface area contributed by atoms with Crippen molar-refractivity contribution < 1.29 is 13.6 Å². The number of nitrogens with zero attached hydrogens (tertiary/aromatic N) is 2. The van der Waals surface area contributed by atoms with Gasteiger partial charge in [0.05, 0.1) is 35.2 Å². The van der Waals surface area contributed by atoms with Crippen molar-refractivity contribution in [2.24, 2.45) is 0 Å². The highest BCUT2D eigenvalue weighted by molar-refractivity contribution is 6.07. The standard InChI is InChI=1S/C20H13FN4O2/c1-11-12(9-22)2-4-16(21)18(11)20(26)23-14-3-5-17-15(8-14)19(25-24-17)13-6-7-27-10-13/h2-8,10H,1H3,(H,23,26)(H,24,25). The smallest absolute Gasteiger partial charge is 0.258 e. The Labute approximate surface area is 153 Å². The lowest BCUT2D eigenvalue weighted by atomic mass is 10.0. The van der Waals surface area contributed by atoms with Crippen LogP contribution in [-0.2, 0) is 0 Å². The minimum atomic E-state index is -0.674. The van der Waals surface area contributed by atoms with Gasteiger partial charge in [0.25, 0.3) is 5.91 Å². The van der Waals surface area contributed by atoms with E-state index in [1.807, 2.05) is 6.07 Å². The van der Waals surface area contributed by atoms with Crippen LogP contribution in [0.4, 0.5) is 10.1 Å². The van der Waals surface area contributed by atoms with Gasteiger partial charge >= 0.3 is 0 Å². The maximum Gasteiger partial charge on any atom is 0.258 e. The van der Waals surface area contributed by atoms with Gasteiger partial charge < -0.3 is 9.73 Å². The van der Waals surface area contributed by atoms with E-state index in [4.69, 9.17) is 9.68 Å². The van der Waals surface area contributed by atoms with Crippen molar-refractivity contribution in [1.29, 1.82) is 5.26 Å². The molecule has 7 heteroatoms. The Morgan fingerprint density at radius 3 is 2.89 bits per heavy atom. The van der Waals surface area contributed by atoms with Crippen LogP contribution in [-0.4, -0.2) is 16.1 Å². The zero-order valence-electron chi connectivity index (χ0n) is 14.2. The number of H-pyrrole nitrogens is 1. The molecule has 0 atom stereocenters. The largest absolute Gasteiger partial charge is 0.472 e. The number of furan rings is 1. The predicted molar refractivity (Wildman–Crippen MR) is 97.6 cm³/mol. The zero-order valence-corrected chi connectivity index (χ0v) is 14.2. The number of aromatic amines is 1. The summed E-state index contributed by atoms with van der Waals surface area (Å²) in [6.45, 7) is 1.55. The summed E-state index contributed by atoms with van der Waals surface area (Å²) in [6, 6.07) is 11.4. The summed E-state index contributed by atoms with van der Waals surface area (Å²) in [7, 11) is 0. The molecule has 6 nitrogen and oxygen atoms in total. The summed E-state index contributed by atoms with van der Waals surface area (Å²) >= 11 is 0. The van der Waals surface area contributed by atoms with E-state index in [2.05, 4.69) is 15.5 Å². The van der Waals surface area contributed by atoms with E-state index in [9.17, 15) is 9.18 Å². The Hall–Kier alpha value is -3.92. The molecule has 0 aliphatic carbocycles. The molecule has 0 spiro atoms. The summed E-state index contributed by atoms with van der Waals surface area (Å²) in [6.07, 6.45) is 3.13.